The summed E-state index contributed by atoms with van der Waals surface area (Å²) >= 11 is 5.92. The van der Waals surface area contributed by atoms with Crippen LogP contribution >= 0.6 is 11.6 Å². The first-order valence-electron chi connectivity index (χ1n) is 6.07. The fourth-order valence-corrected chi connectivity index (χ4v) is 1.71. The quantitative estimate of drug-likeness (QED) is 0.582. The molecular formula is C12H20ClN3O. The Balaban J connectivity index is 2.46. The predicted molar refractivity (Wildman–Crippen MR) is 70.4 cm³/mol. The van der Waals surface area contributed by atoms with Gasteiger partial charge in [-0.25, -0.2) is 9.97 Å². The highest BCUT2D eigenvalue weighted by atomic mass is 35.5. The lowest BCUT2D eigenvalue weighted by Crippen LogP contribution is -2.08. The number of anilines is 1. The van der Waals surface area contributed by atoms with Crippen LogP contribution in [0.5, 0.6) is 0 Å². The van der Waals surface area contributed by atoms with Gasteiger partial charge >= 0.3 is 0 Å². The van der Waals surface area contributed by atoms with Gasteiger partial charge in [0.05, 0.1) is 6.10 Å². The van der Waals surface area contributed by atoms with Gasteiger partial charge in [0, 0.05) is 19.0 Å². The predicted octanol–water partition coefficient (Wildman–Crippen LogP) is 2.66. The number of nitrogens with one attached hydrogen (secondary N) is 1. The summed E-state index contributed by atoms with van der Waals surface area (Å²) in [5.41, 5.74) is 0. The molecule has 0 spiro atoms. The summed E-state index contributed by atoms with van der Waals surface area (Å²) in [5, 5.41) is 12.8. The lowest BCUT2D eigenvalue weighted by molar-refractivity contribution is 0.183. The third-order valence-corrected chi connectivity index (χ3v) is 2.51. The Hall–Kier alpha value is -0.870. The molecule has 1 heterocycles. The van der Waals surface area contributed by atoms with Crippen molar-refractivity contribution in [2.24, 2.45) is 0 Å². The second-order valence-electron chi connectivity index (χ2n) is 4.16. The van der Waals surface area contributed by atoms with Crippen LogP contribution in [0.25, 0.3) is 0 Å². The molecule has 0 aliphatic carbocycles. The highest BCUT2D eigenvalue weighted by Gasteiger charge is 2.02. The molecule has 1 unspecified atom stereocenters. The number of halogens is 1. The molecule has 0 radical (unpaired) electrons. The van der Waals surface area contributed by atoms with Crippen LogP contribution in [0.4, 0.5) is 5.82 Å². The van der Waals surface area contributed by atoms with E-state index in [9.17, 15) is 0 Å². The minimum Gasteiger partial charge on any atom is -0.393 e. The third kappa shape index (κ3) is 5.84. The van der Waals surface area contributed by atoms with Gasteiger partial charge in [-0.15, -0.1) is 0 Å². The maximum atomic E-state index is 9.13. The van der Waals surface area contributed by atoms with Crippen molar-refractivity contribution in [1.29, 1.82) is 0 Å². The Morgan fingerprint density at radius 2 is 2.24 bits per heavy atom. The van der Waals surface area contributed by atoms with E-state index in [-0.39, 0.29) is 6.10 Å². The van der Waals surface area contributed by atoms with Crippen molar-refractivity contribution in [2.75, 3.05) is 11.9 Å². The van der Waals surface area contributed by atoms with Gasteiger partial charge in [-0.3, -0.25) is 0 Å². The SMILES string of the molecule is CCCc1nc(Cl)cc(NCCCC(C)O)n1. The van der Waals surface area contributed by atoms with Gasteiger partial charge in [-0.2, -0.15) is 0 Å². The number of rotatable bonds is 7. The van der Waals surface area contributed by atoms with Gasteiger partial charge in [-0.1, -0.05) is 18.5 Å². The standard InChI is InChI=1S/C12H20ClN3O/c1-3-5-11-15-10(13)8-12(16-11)14-7-4-6-9(2)17/h8-9,17H,3-7H2,1-2H3,(H,14,15,16). The molecule has 1 rings (SSSR count). The third-order valence-electron chi connectivity index (χ3n) is 2.32. The van der Waals surface area contributed by atoms with E-state index >= 15 is 0 Å². The van der Waals surface area contributed by atoms with E-state index in [1.807, 2.05) is 0 Å². The lowest BCUT2D eigenvalue weighted by Gasteiger charge is -2.08. The summed E-state index contributed by atoms with van der Waals surface area (Å²) in [4.78, 5) is 8.53. The molecule has 0 aromatic carbocycles. The Morgan fingerprint density at radius 1 is 1.47 bits per heavy atom. The van der Waals surface area contributed by atoms with Crippen molar-refractivity contribution >= 4 is 17.4 Å². The van der Waals surface area contributed by atoms with Crippen LogP contribution in [0.15, 0.2) is 6.07 Å². The molecule has 1 aromatic rings. The lowest BCUT2D eigenvalue weighted by atomic mass is 10.2. The van der Waals surface area contributed by atoms with E-state index in [0.29, 0.717) is 5.15 Å². The first-order valence-corrected chi connectivity index (χ1v) is 6.45. The normalized spacial score (nSPS) is 12.5. The van der Waals surface area contributed by atoms with Crippen LogP contribution in [-0.2, 0) is 6.42 Å². The fourth-order valence-electron chi connectivity index (χ4n) is 1.50. The maximum Gasteiger partial charge on any atom is 0.134 e. The van der Waals surface area contributed by atoms with E-state index in [4.69, 9.17) is 16.7 Å². The highest BCUT2D eigenvalue weighted by molar-refractivity contribution is 6.29. The largest absolute Gasteiger partial charge is 0.393 e. The van der Waals surface area contributed by atoms with Crippen LogP contribution in [0.3, 0.4) is 0 Å². The zero-order chi connectivity index (χ0) is 12.7. The van der Waals surface area contributed by atoms with Crippen molar-refractivity contribution in [1.82, 2.24) is 9.97 Å². The Bertz CT molecular complexity index is 345. The molecule has 0 amide bonds. The molecule has 96 valence electrons. The van der Waals surface area contributed by atoms with E-state index in [1.54, 1.807) is 13.0 Å². The van der Waals surface area contributed by atoms with E-state index in [0.717, 1.165) is 43.9 Å². The first-order chi connectivity index (χ1) is 8.11. The monoisotopic (exact) mass is 257 g/mol. The van der Waals surface area contributed by atoms with Gasteiger partial charge < -0.3 is 10.4 Å². The van der Waals surface area contributed by atoms with Gasteiger partial charge in [0.25, 0.3) is 0 Å². The van der Waals surface area contributed by atoms with Crippen molar-refractivity contribution in [3.8, 4) is 0 Å². The molecule has 5 heteroatoms. The fraction of sp³-hybridized carbons (Fsp3) is 0.667. The van der Waals surface area contributed by atoms with Crippen LogP contribution < -0.4 is 5.32 Å². The van der Waals surface area contributed by atoms with Crippen LogP contribution in [0.1, 0.15) is 38.9 Å². The Morgan fingerprint density at radius 3 is 2.88 bits per heavy atom. The van der Waals surface area contributed by atoms with Crippen molar-refractivity contribution in [3.05, 3.63) is 17.0 Å². The average Bonchev–Trinajstić information content (AvgIpc) is 2.24. The molecule has 2 N–H and O–H groups in total. The zero-order valence-corrected chi connectivity index (χ0v) is 11.2. The molecule has 17 heavy (non-hydrogen) atoms. The summed E-state index contributed by atoms with van der Waals surface area (Å²) in [5.74, 6) is 1.54. The first kappa shape index (κ1) is 14.2. The number of hydrogen-bond acceptors (Lipinski definition) is 4. The van der Waals surface area contributed by atoms with Crippen molar-refractivity contribution in [2.45, 2.75) is 45.6 Å². The molecule has 0 saturated heterocycles. The Kier molecular flexibility index (Phi) is 6.22. The number of aliphatic hydroxyl groups excluding tert-OH is 1. The topological polar surface area (TPSA) is 58.0 Å². The van der Waals surface area contributed by atoms with Crippen molar-refractivity contribution in [3.63, 3.8) is 0 Å². The van der Waals surface area contributed by atoms with E-state index in [1.165, 1.54) is 0 Å². The van der Waals surface area contributed by atoms with E-state index < -0.39 is 0 Å². The molecule has 0 aliphatic heterocycles. The smallest absolute Gasteiger partial charge is 0.134 e. The highest BCUT2D eigenvalue weighted by Crippen LogP contribution is 2.12. The van der Waals surface area contributed by atoms with Crippen LogP contribution in [0, 0.1) is 0 Å². The number of aromatic nitrogens is 2. The minimum absolute atomic E-state index is 0.249. The second-order valence-corrected chi connectivity index (χ2v) is 4.55. The molecule has 1 atom stereocenters. The number of aryl methyl sites for hydroxylation is 1. The number of nitrogens with zero attached hydrogens (tertiary/aromatic N) is 2. The molecular weight excluding hydrogens is 238 g/mol. The number of aliphatic hydroxyl groups is 1. The zero-order valence-electron chi connectivity index (χ0n) is 10.4. The second kappa shape index (κ2) is 7.45. The number of hydrogen-bond donors (Lipinski definition) is 2. The van der Waals surface area contributed by atoms with E-state index in [2.05, 4.69) is 22.2 Å². The van der Waals surface area contributed by atoms with Crippen LogP contribution in [0.2, 0.25) is 5.15 Å². The molecule has 0 aliphatic rings. The molecule has 4 nitrogen and oxygen atoms in total. The van der Waals surface area contributed by atoms with Crippen molar-refractivity contribution < 1.29 is 5.11 Å². The Labute approximate surface area is 107 Å². The summed E-state index contributed by atoms with van der Waals surface area (Å²) in [6.07, 6.45) is 3.28. The molecule has 0 fully saturated rings. The average molecular weight is 258 g/mol. The summed E-state index contributed by atoms with van der Waals surface area (Å²) in [6.45, 7) is 4.66. The molecule has 1 aromatic heterocycles. The summed E-state index contributed by atoms with van der Waals surface area (Å²) in [6, 6.07) is 1.73. The van der Waals surface area contributed by atoms with Gasteiger partial charge in [0.1, 0.15) is 16.8 Å². The van der Waals surface area contributed by atoms with Gasteiger partial charge in [-0.05, 0) is 26.2 Å². The maximum absolute atomic E-state index is 9.13. The minimum atomic E-state index is -0.249. The van der Waals surface area contributed by atoms with Gasteiger partial charge in [0.2, 0.25) is 0 Å². The summed E-state index contributed by atoms with van der Waals surface area (Å²) in [7, 11) is 0. The molecule has 0 saturated carbocycles. The summed E-state index contributed by atoms with van der Waals surface area (Å²) < 4.78 is 0. The molecule has 0 bridgehead atoms. The van der Waals surface area contributed by atoms with Crippen LogP contribution in [-0.4, -0.2) is 27.7 Å². The van der Waals surface area contributed by atoms with Gasteiger partial charge in [0.15, 0.2) is 0 Å².